The number of nitrogens with zero attached hydrogens (tertiary/aromatic N) is 4. The van der Waals surface area contributed by atoms with E-state index < -0.39 is 0 Å². The maximum absolute atomic E-state index is 5.18. The number of anilines is 2. The van der Waals surface area contributed by atoms with E-state index in [-0.39, 0.29) is 0 Å². The van der Waals surface area contributed by atoms with Crippen LogP contribution in [-0.2, 0) is 6.42 Å². The van der Waals surface area contributed by atoms with Crippen molar-refractivity contribution in [1.82, 2.24) is 9.80 Å². The molecule has 0 spiro atoms. The Kier molecular flexibility index (Phi) is 3.35. The molecule has 1 saturated heterocycles. The molecule has 0 unspecified atom stereocenters. The summed E-state index contributed by atoms with van der Waals surface area (Å²) in [6.07, 6.45) is 1.12. The predicted molar refractivity (Wildman–Crippen MR) is 104 cm³/mol. The van der Waals surface area contributed by atoms with Crippen LogP contribution in [0.3, 0.4) is 0 Å². The summed E-state index contributed by atoms with van der Waals surface area (Å²) in [4.78, 5) is 12.5. The first kappa shape index (κ1) is 15.0. The van der Waals surface area contributed by atoms with Gasteiger partial charge in [-0.2, -0.15) is 0 Å². The highest BCUT2D eigenvalue weighted by Crippen LogP contribution is 2.45. The fourth-order valence-corrected chi connectivity index (χ4v) is 4.34. The minimum atomic E-state index is 1.04. The number of benzene rings is 2. The van der Waals surface area contributed by atoms with E-state index in [0.29, 0.717) is 0 Å². The standard InChI is InChI=1S/C21H24N4/c1-15-13-16-7-8-25-19-6-4-3-5-18(19)22-21(17(14-15)20(16)25)24-11-9-23(2)10-12-24/h3-6,13-14H,7-12H2,1-2H3. The quantitative estimate of drug-likeness (QED) is 0.739. The summed E-state index contributed by atoms with van der Waals surface area (Å²) in [6, 6.07) is 13.3. The van der Waals surface area contributed by atoms with Crippen molar-refractivity contribution in [2.75, 3.05) is 44.7 Å². The van der Waals surface area contributed by atoms with Crippen molar-refractivity contribution in [3.8, 4) is 0 Å². The summed E-state index contributed by atoms with van der Waals surface area (Å²) in [7, 11) is 2.20. The van der Waals surface area contributed by atoms with Gasteiger partial charge in [-0.25, -0.2) is 4.99 Å². The zero-order valence-corrected chi connectivity index (χ0v) is 15.0. The van der Waals surface area contributed by atoms with Crippen molar-refractivity contribution in [3.63, 3.8) is 0 Å². The molecule has 0 aromatic heterocycles. The van der Waals surface area contributed by atoms with Crippen molar-refractivity contribution in [1.29, 1.82) is 0 Å². The number of hydrogen-bond donors (Lipinski definition) is 0. The van der Waals surface area contributed by atoms with Crippen LogP contribution in [0.15, 0.2) is 41.4 Å². The van der Waals surface area contributed by atoms with E-state index in [1.807, 2.05) is 0 Å². The molecule has 25 heavy (non-hydrogen) atoms. The lowest BCUT2D eigenvalue weighted by atomic mass is 10.0. The van der Waals surface area contributed by atoms with Crippen LogP contribution in [0.4, 0.5) is 17.1 Å². The maximum Gasteiger partial charge on any atom is 0.138 e. The molecule has 4 nitrogen and oxygen atoms in total. The molecule has 0 radical (unpaired) electrons. The second-order valence-electron chi connectivity index (χ2n) is 7.44. The van der Waals surface area contributed by atoms with E-state index in [1.165, 1.54) is 28.1 Å². The molecule has 3 aliphatic rings. The van der Waals surface area contributed by atoms with Gasteiger partial charge in [0, 0.05) is 38.3 Å². The second-order valence-corrected chi connectivity index (χ2v) is 7.44. The first-order valence-corrected chi connectivity index (χ1v) is 9.23. The summed E-state index contributed by atoms with van der Waals surface area (Å²) in [5.41, 5.74) is 7.84. The van der Waals surface area contributed by atoms with Crippen LogP contribution in [0.25, 0.3) is 0 Å². The molecule has 1 fully saturated rings. The van der Waals surface area contributed by atoms with Crippen LogP contribution >= 0.6 is 0 Å². The Bertz CT molecular complexity index is 862. The summed E-state index contributed by atoms with van der Waals surface area (Å²) in [5, 5.41) is 0. The van der Waals surface area contributed by atoms with Crippen molar-refractivity contribution in [2.45, 2.75) is 13.3 Å². The highest BCUT2D eigenvalue weighted by molar-refractivity contribution is 6.09. The summed E-state index contributed by atoms with van der Waals surface area (Å²) >= 11 is 0. The van der Waals surface area contributed by atoms with E-state index >= 15 is 0 Å². The van der Waals surface area contributed by atoms with Gasteiger partial charge in [-0.1, -0.05) is 18.2 Å². The number of hydrogen-bond acceptors (Lipinski definition) is 4. The van der Waals surface area contributed by atoms with Crippen molar-refractivity contribution < 1.29 is 0 Å². The highest BCUT2D eigenvalue weighted by atomic mass is 15.3. The molecule has 4 heteroatoms. The van der Waals surface area contributed by atoms with E-state index in [4.69, 9.17) is 4.99 Å². The van der Waals surface area contributed by atoms with Crippen LogP contribution in [-0.4, -0.2) is 55.4 Å². The van der Waals surface area contributed by atoms with Crippen LogP contribution in [0.1, 0.15) is 16.7 Å². The normalized spacial score (nSPS) is 19.4. The minimum absolute atomic E-state index is 1.04. The molecule has 0 N–H and O–H groups in total. The molecule has 0 aliphatic carbocycles. The number of piperazine rings is 1. The first-order chi connectivity index (χ1) is 12.2. The third-order valence-electron chi connectivity index (χ3n) is 5.65. The molecular weight excluding hydrogens is 308 g/mol. The van der Waals surface area contributed by atoms with Gasteiger partial charge in [-0.05, 0) is 49.7 Å². The Morgan fingerprint density at radius 3 is 2.60 bits per heavy atom. The Morgan fingerprint density at radius 2 is 1.76 bits per heavy atom. The summed E-state index contributed by atoms with van der Waals surface area (Å²) in [6.45, 7) is 7.53. The van der Waals surface area contributed by atoms with E-state index in [1.54, 1.807) is 0 Å². The number of likely N-dealkylation sites (N-methyl/N-ethyl adjacent to an activating group) is 1. The molecule has 3 aliphatic heterocycles. The van der Waals surface area contributed by atoms with Gasteiger partial charge < -0.3 is 14.7 Å². The van der Waals surface area contributed by atoms with E-state index in [9.17, 15) is 0 Å². The fourth-order valence-electron chi connectivity index (χ4n) is 4.34. The molecule has 3 heterocycles. The Morgan fingerprint density at radius 1 is 0.960 bits per heavy atom. The van der Waals surface area contributed by atoms with Gasteiger partial charge in [-0.3, -0.25) is 0 Å². The number of rotatable bonds is 0. The largest absolute Gasteiger partial charge is 0.353 e. The zero-order valence-electron chi connectivity index (χ0n) is 15.0. The van der Waals surface area contributed by atoms with Crippen molar-refractivity contribution >= 4 is 22.9 Å². The zero-order chi connectivity index (χ0) is 17.0. The number of aryl methyl sites for hydroxylation is 1. The Hall–Kier alpha value is -2.33. The van der Waals surface area contributed by atoms with Crippen molar-refractivity contribution in [2.24, 2.45) is 4.99 Å². The number of amidine groups is 1. The Balaban J connectivity index is 1.72. The van der Waals surface area contributed by atoms with Gasteiger partial charge in [0.25, 0.3) is 0 Å². The molecule has 2 aromatic carbocycles. The van der Waals surface area contributed by atoms with Gasteiger partial charge in [0.15, 0.2) is 0 Å². The minimum Gasteiger partial charge on any atom is -0.353 e. The smallest absolute Gasteiger partial charge is 0.138 e. The van der Waals surface area contributed by atoms with Crippen LogP contribution in [0.2, 0.25) is 0 Å². The lowest BCUT2D eigenvalue weighted by Gasteiger charge is -2.35. The van der Waals surface area contributed by atoms with Crippen LogP contribution in [0.5, 0.6) is 0 Å². The Labute approximate surface area is 149 Å². The van der Waals surface area contributed by atoms with Gasteiger partial charge in [0.05, 0.1) is 17.1 Å². The summed E-state index contributed by atoms with van der Waals surface area (Å²) < 4.78 is 0. The number of para-hydroxylation sites is 2. The van der Waals surface area contributed by atoms with Gasteiger partial charge in [0.2, 0.25) is 0 Å². The fraction of sp³-hybridized carbons (Fsp3) is 0.381. The SMILES string of the molecule is Cc1cc2c3c(c1)C(N1CCN(C)CC1)=Nc1ccccc1N3CC2. The van der Waals surface area contributed by atoms with Gasteiger partial charge >= 0.3 is 0 Å². The topological polar surface area (TPSA) is 22.1 Å². The molecule has 0 atom stereocenters. The summed E-state index contributed by atoms with van der Waals surface area (Å²) in [5.74, 6) is 1.16. The monoisotopic (exact) mass is 332 g/mol. The average Bonchev–Trinajstić information content (AvgIpc) is 2.97. The van der Waals surface area contributed by atoms with Gasteiger partial charge in [0.1, 0.15) is 5.84 Å². The average molecular weight is 332 g/mol. The number of aliphatic imine (C=N–C) groups is 1. The van der Waals surface area contributed by atoms with Crippen molar-refractivity contribution in [3.05, 3.63) is 53.1 Å². The molecule has 0 amide bonds. The van der Waals surface area contributed by atoms with Crippen LogP contribution < -0.4 is 4.90 Å². The molecule has 2 aromatic rings. The molecular formula is C21H24N4. The predicted octanol–water partition coefficient (Wildman–Crippen LogP) is 3.33. The van der Waals surface area contributed by atoms with Gasteiger partial charge in [-0.15, -0.1) is 0 Å². The molecule has 5 rings (SSSR count). The molecule has 0 bridgehead atoms. The first-order valence-electron chi connectivity index (χ1n) is 9.23. The lowest BCUT2D eigenvalue weighted by molar-refractivity contribution is 0.216. The lowest BCUT2D eigenvalue weighted by Crippen LogP contribution is -2.47. The molecule has 0 saturated carbocycles. The van der Waals surface area contributed by atoms with E-state index in [0.717, 1.165) is 50.7 Å². The third-order valence-corrected chi connectivity index (χ3v) is 5.65. The van der Waals surface area contributed by atoms with Crippen LogP contribution in [0, 0.1) is 6.92 Å². The molecule has 128 valence electrons. The second kappa shape index (κ2) is 5.60. The maximum atomic E-state index is 5.18. The third kappa shape index (κ3) is 2.35. The number of fused-ring (bicyclic) bond motifs is 2. The van der Waals surface area contributed by atoms with E-state index in [2.05, 4.69) is 65.1 Å². The highest BCUT2D eigenvalue weighted by Gasteiger charge is 2.32.